The van der Waals surface area contributed by atoms with Gasteiger partial charge in [-0.1, -0.05) is 0 Å². The van der Waals surface area contributed by atoms with Crippen LogP contribution in [0.5, 0.6) is 0 Å². The van der Waals surface area contributed by atoms with Gasteiger partial charge in [0, 0.05) is 50.3 Å². The van der Waals surface area contributed by atoms with E-state index in [2.05, 4.69) is 15.7 Å². The molecule has 0 aromatic carbocycles. The summed E-state index contributed by atoms with van der Waals surface area (Å²) in [6.07, 6.45) is 6.42. The van der Waals surface area contributed by atoms with Crippen LogP contribution in [0.1, 0.15) is 18.4 Å². The normalized spacial score (nSPS) is 18.4. The monoisotopic (exact) mass is 318 g/mol. The van der Waals surface area contributed by atoms with Gasteiger partial charge in [0.05, 0.1) is 6.20 Å². The molecule has 0 aliphatic carbocycles. The van der Waals surface area contributed by atoms with Crippen LogP contribution in [0.3, 0.4) is 0 Å². The average Bonchev–Trinajstić information content (AvgIpc) is 2.82. The molecule has 1 fully saturated rings. The average molecular weight is 319 g/mol. The molecule has 2 heterocycles. The van der Waals surface area contributed by atoms with E-state index in [-0.39, 0.29) is 18.3 Å². The summed E-state index contributed by atoms with van der Waals surface area (Å²) in [6, 6.07) is 0.345. The highest BCUT2D eigenvalue weighted by Crippen LogP contribution is 2.09. The maximum Gasteiger partial charge on any atom is 0.221 e. The number of hydrogen-bond acceptors (Lipinski definition) is 4. The van der Waals surface area contributed by atoms with E-state index in [9.17, 15) is 4.79 Å². The molecule has 1 unspecified atom stereocenters. The minimum atomic E-state index is 0. The Morgan fingerprint density at radius 3 is 3.15 bits per heavy atom. The Morgan fingerprint density at radius 1 is 1.65 bits per heavy atom. The highest BCUT2D eigenvalue weighted by atomic mass is 35.5. The Labute approximate surface area is 130 Å². The smallest absolute Gasteiger partial charge is 0.221 e. The first-order chi connectivity index (χ1) is 9.24. The maximum absolute atomic E-state index is 11.7. The van der Waals surface area contributed by atoms with Crippen molar-refractivity contribution >= 4 is 30.1 Å². The summed E-state index contributed by atoms with van der Waals surface area (Å²) < 4.78 is 1.81. The van der Waals surface area contributed by atoms with Gasteiger partial charge in [0.1, 0.15) is 0 Å². The van der Waals surface area contributed by atoms with Crippen molar-refractivity contribution in [2.75, 3.05) is 24.6 Å². The largest absolute Gasteiger partial charge is 0.356 e. The van der Waals surface area contributed by atoms with E-state index in [1.165, 1.54) is 5.56 Å². The van der Waals surface area contributed by atoms with Crippen molar-refractivity contribution in [3.05, 3.63) is 18.0 Å². The van der Waals surface area contributed by atoms with Gasteiger partial charge in [-0.15, -0.1) is 12.4 Å². The van der Waals surface area contributed by atoms with E-state index >= 15 is 0 Å². The van der Waals surface area contributed by atoms with Crippen LogP contribution < -0.4 is 10.6 Å². The Morgan fingerprint density at radius 2 is 2.50 bits per heavy atom. The number of carbonyl (C=O) groups excluding carboxylic acids is 1. The lowest BCUT2D eigenvalue weighted by atomic mass is 10.2. The summed E-state index contributed by atoms with van der Waals surface area (Å²) in [4.78, 5) is 11.7. The van der Waals surface area contributed by atoms with Crippen molar-refractivity contribution in [2.24, 2.45) is 7.05 Å². The molecular weight excluding hydrogens is 296 g/mol. The topological polar surface area (TPSA) is 59.0 Å². The number of thioether (sulfide) groups is 1. The van der Waals surface area contributed by atoms with E-state index in [1.807, 2.05) is 31.2 Å². The predicted molar refractivity (Wildman–Crippen MR) is 85.5 cm³/mol. The van der Waals surface area contributed by atoms with Gasteiger partial charge in [0.2, 0.25) is 5.91 Å². The van der Waals surface area contributed by atoms with Crippen LogP contribution in [-0.2, 0) is 18.3 Å². The van der Waals surface area contributed by atoms with Crippen LogP contribution in [-0.4, -0.2) is 46.3 Å². The van der Waals surface area contributed by atoms with Gasteiger partial charge in [-0.3, -0.25) is 9.48 Å². The third-order valence-electron chi connectivity index (χ3n) is 3.15. The lowest BCUT2D eigenvalue weighted by Crippen LogP contribution is -2.41. The van der Waals surface area contributed by atoms with Crippen molar-refractivity contribution in [3.8, 4) is 0 Å². The molecule has 2 N–H and O–H groups in total. The summed E-state index contributed by atoms with van der Waals surface area (Å²) >= 11 is 1.92. The van der Waals surface area contributed by atoms with Crippen LogP contribution in [0, 0.1) is 0 Å². The molecule has 1 aromatic heterocycles. The minimum absolute atomic E-state index is 0. The highest BCUT2D eigenvalue weighted by molar-refractivity contribution is 7.99. The van der Waals surface area contributed by atoms with Crippen LogP contribution in [0.15, 0.2) is 12.4 Å². The molecule has 0 radical (unpaired) electrons. The van der Waals surface area contributed by atoms with Crippen LogP contribution in [0.2, 0.25) is 0 Å². The van der Waals surface area contributed by atoms with Crippen molar-refractivity contribution in [3.63, 3.8) is 0 Å². The van der Waals surface area contributed by atoms with Crippen LogP contribution in [0.4, 0.5) is 0 Å². The number of aromatic nitrogens is 2. The number of hydrogen-bond donors (Lipinski definition) is 2. The van der Waals surface area contributed by atoms with E-state index in [0.29, 0.717) is 12.5 Å². The predicted octanol–water partition coefficient (Wildman–Crippen LogP) is 0.986. The first kappa shape index (κ1) is 17.3. The second-order valence-electron chi connectivity index (χ2n) is 4.91. The zero-order valence-electron chi connectivity index (χ0n) is 11.8. The number of aryl methyl sites for hydroxylation is 2. The highest BCUT2D eigenvalue weighted by Gasteiger charge is 2.16. The molecular formula is C13H23ClN4OS. The number of rotatable bonds is 6. The maximum atomic E-state index is 11.7. The third-order valence-corrected chi connectivity index (χ3v) is 4.28. The van der Waals surface area contributed by atoms with E-state index in [1.54, 1.807) is 4.68 Å². The molecule has 0 spiro atoms. The first-order valence-electron chi connectivity index (χ1n) is 6.79. The fraction of sp³-hybridized carbons (Fsp3) is 0.692. The van der Waals surface area contributed by atoms with E-state index in [0.717, 1.165) is 37.4 Å². The zero-order valence-corrected chi connectivity index (χ0v) is 13.4. The molecule has 0 bridgehead atoms. The number of halogens is 1. The molecule has 1 aliphatic rings. The molecule has 5 nitrogen and oxygen atoms in total. The Hall–Kier alpha value is -0.720. The molecule has 2 rings (SSSR count). The molecule has 7 heteroatoms. The van der Waals surface area contributed by atoms with Gasteiger partial charge in [-0.25, -0.2) is 0 Å². The number of carbonyl (C=O) groups is 1. The first-order valence-corrected chi connectivity index (χ1v) is 7.95. The van der Waals surface area contributed by atoms with Crippen LogP contribution >= 0.6 is 24.2 Å². The Balaban J connectivity index is 0.00000200. The summed E-state index contributed by atoms with van der Waals surface area (Å²) in [6.45, 7) is 1.76. The SMILES string of the molecule is Cl.Cn1cc(CCCNC(=O)CC2CSCCN2)cn1. The Bertz CT molecular complexity index is 407. The van der Waals surface area contributed by atoms with Crippen molar-refractivity contribution in [2.45, 2.75) is 25.3 Å². The lowest BCUT2D eigenvalue weighted by molar-refractivity contribution is -0.121. The minimum Gasteiger partial charge on any atom is -0.356 e. The van der Waals surface area contributed by atoms with Crippen molar-refractivity contribution in [1.82, 2.24) is 20.4 Å². The van der Waals surface area contributed by atoms with Gasteiger partial charge < -0.3 is 10.6 Å². The molecule has 1 aliphatic heterocycles. The van der Waals surface area contributed by atoms with Gasteiger partial charge >= 0.3 is 0 Å². The second-order valence-corrected chi connectivity index (χ2v) is 6.06. The third kappa shape index (κ3) is 6.15. The summed E-state index contributed by atoms with van der Waals surface area (Å²) in [5.74, 6) is 2.36. The Kier molecular flexibility index (Phi) is 8.02. The van der Waals surface area contributed by atoms with E-state index < -0.39 is 0 Å². The lowest BCUT2D eigenvalue weighted by Gasteiger charge is -2.22. The molecule has 1 amide bonds. The van der Waals surface area contributed by atoms with Crippen LogP contribution in [0.25, 0.3) is 0 Å². The quantitative estimate of drug-likeness (QED) is 0.768. The second kappa shape index (κ2) is 9.26. The number of nitrogens with zero attached hydrogens (tertiary/aromatic N) is 2. The summed E-state index contributed by atoms with van der Waals surface area (Å²) in [5, 5.41) is 10.5. The fourth-order valence-corrected chi connectivity index (χ4v) is 3.12. The van der Waals surface area contributed by atoms with Gasteiger partial charge in [0.25, 0.3) is 0 Å². The summed E-state index contributed by atoms with van der Waals surface area (Å²) in [5.41, 5.74) is 1.22. The summed E-state index contributed by atoms with van der Waals surface area (Å²) in [7, 11) is 1.92. The van der Waals surface area contributed by atoms with Crippen molar-refractivity contribution in [1.29, 1.82) is 0 Å². The van der Waals surface area contributed by atoms with Gasteiger partial charge in [0.15, 0.2) is 0 Å². The van der Waals surface area contributed by atoms with Crippen molar-refractivity contribution < 1.29 is 4.79 Å². The van der Waals surface area contributed by atoms with E-state index in [4.69, 9.17) is 0 Å². The fourth-order valence-electron chi connectivity index (χ4n) is 2.17. The standard InChI is InChI=1S/C13H22N4OS.ClH/c1-17-9-11(8-16-17)3-2-4-15-13(18)7-12-10-19-6-5-14-12;/h8-9,12,14H,2-7,10H2,1H3,(H,15,18);1H. The molecule has 1 aromatic rings. The molecule has 1 saturated heterocycles. The molecule has 20 heavy (non-hydrogen) atoms. The van der Waals surface area contributed by atoms with Gasteiger partial charge in [-0.05, 0) is 18.4 Å². The number of nitrogens with one attached hydrogen (secondary N) is 2. The molecule has 0 saturated carbocycles. The number of amides is 1. The molecule has 1 atom stereocenters. The molecule has 114 valence electrons. The zero-order chi connectivity index (χ0) is 13.5. The van der Waals surface area contributed by atoms with Gasteiger partial charge in [-0.2, -0.15) is 16.9 Å².